The number of ether oxygens (including phenoxy) is 6. The van der Waals surface area contributed by atoms with E-state index in [0.29, 0.717) is 63.4 Å². The number of Topliss-reactive ketones (excluding diaryl/α,β-unsaturated/α-hetero) is 3. The number of piperidine rings is 1. The summed E-state index contributed by atoms with van der Waals surface area (Å²) in [6, 6.07) is -1.13. The number of rotatable bonds is 8. The average molecular weight is 942 g/mol. The molecule has 4 fully saturated rings. The molecule has 0 aromatic rings. The minimum Gasteiger partial charge on any atom is -0.460 e. The maximum Gasteiger partial charge on any atom is 0.329 e. The maximum absolute atomic E-state index is 14.5. The van der Waals surface area contributed by atoms with Crippen molar-refractivity contribution in [1.82, 2.24) is 4.90 Å². The lowest BCUT2D eigenvalue weighted by Gasteiger charge is -2.50. The van der Waals surface area contributed by atoms with E-state index >= 15 is 0 Å². The molecule has 0 aromatic carbocycles. The monoisotopic (exact) mass is 942 g/mol. The summed E-state index contributed by atoms with van der Waals surface area (Å²) in [5, 5.41) is 32.9. The molecule has 0 radical (unpaired) electrons. The van der Waals surface area contributed by atoms with E-state index in [1.54, 1.807) is 41.1 Å². The second-order valence-electron chi connectivity index (χ2n) is 20.1. The van der Waals surface area contributed by atoms with E-state index in [1.807, 2.05) is 51.2 Å². The first-order valence-electron chi connectivity index (χ1n) is 24.6. The van der Waals surface area contributed by atoms with Gasteiger partial charge in [-0.15, -0.1) is 0 Å². The number of fused-ring (bicyclic) bond motifs is 3. The Hall–Kier alpha value is -3.41. The molecule has 15 heteroatoms. The number of ketones is 3. The molecule has 1 aliphatic carbocycles. The summed E-state index contributed by atoms with van der Waals surface area (Å²) in [6.45, 7) is 11.0. The van der Waals surface area contributed by atoms with Gasteiger partial charge in [0.2, 0.25) is 5.79 Å². The molecule has 0 spiro atoms. The van der Waals surface area contributed by atoms with Crippen LogP contribution in [0.3, 0.4) is 0 Å². The highest BCUT2D eigenvalue weighted by Gasteiger charge is 2.57. The molecule has 3 saturated heterocycles. The number of nitrogens with zero attached hydrogens (tertiary/aromatic N) is 1. The number of allylic oxidation sites excluding steroid dienone is 6. The number of methoxy groups -OCH3 is 3. The lowest BCUT2D eigenvalue weighted by atomic mass is 9.68. The first-order chi connectivity index (χ1) is 31.9. The molecule has 5 aliphatic rings. The Kier molecular flexibility index (Phi) is 20.3. The molecule has 4 aliphatic heterocycles. The Morgan fingerprint density at radius 3 is 2.28 bits per heavy atom. The van der Waals surface area contributed by atoms with Crippen LogP contribution in [0.2, 0.25) is 0 Å². The highest BCUT2D eigenvalue weighted by Crippen LogP contribution is 2.45. The van der Waals surface area contributed by atoms with Gasteiger partial charge in [-0.2, -0.15) is 0 Å². The number of carbonyl (C=O) groups is 5. The normalized spacial score (nSPS) is 41.0. The number of hydrogen-bond acceptors (Lipinski definition) is 14. The van der Waals surface area contributed by atoms with Crippen molar-refractivity contribution >= 4 is 29.2 Å². The van der Waals surface area contributed by atoms with Crippen molar-refractivity contribution in [2.75, 3.05) is 41.1 Å². The fraction of sp³-hybridized carbons (Fsp3) is 0.750. The largest absolute Gasteiger partial charge is 0.460 e. The van der Waals surface area contributed by atoms with Crippen molar-refractivity contribution in [3.8, 4) is 0 Å². The Morgan fingerprint density at radius 2 is 1.60 bits per heavy atom. The topological polar surface area (TPSA) is 205 Å². The van der Waals surface area contributed by atoms with Gasteiger partial charge in [0.05, 0.1) is 37.6 Å². The van der Waals surface area contributed by atoms with Crippen LogP contribution in [0, 0.1) is 41.4 Å². The molecule has 5 rings (SSSR count). The third kappa shape index (κ3) is 13.3. The van der Waals surface area contributed by atoms with Gasteiger partial charge in [0.1, 0.15) is 30.1 Å². The molecule has 16 atom stereocenters. The van der Waals surface area contributed by atoms with Crippen molar-refractivity contribution in [2.45, 2.75) is 167 Å². The summed E-state index contributed by atoms with van der Waals surface area (Å²) in [7, 11) is 4.59. The van der Waals surface area contributed by atoms with Crippen LogP contribution in [0.4, 0.5) is 0 Å². The third-order valence-corrected chi connectivity index (χ3v) is 15.3. The van der Waals surface area contributed by atoms with Crippen molar-refractivity contribution in [1.29, 1.82) is 0 Å². The molecular weight excluding hydrogens is 863 g/mol. The van der Waals surface area contributed by atoms with Gasteiger partial charge < -0.3 is 48.6 Å². The molecule has 376 valence electrons. The van der Waals surface area contributed by atoms with Crippen LogP contribution in [-0.2, 0) is 52.4 Å². The molecule has 0 aromatic heterocycles. The van der Waals surface area contributed by atoms with Crippen molar-refractivity contribution in [2.24, 2.45) is 41.4 Å². The summed E-state index contributed by atoms with van der Waals surface area (Å²) < 4.78 is 35.6. The van der Waals surface area contributed by atoms with E-state index in [1.165, 1.54) is 12.0 Å². The summed E-state index contributed by atoms with van der Waals surface area (Å²) in [6.07, 6.45) is 11.6. The van der Waals surface area contributed by atoms with Crippen molar-refractivity contribution in [3.05, 3.63) is 47.6 Å². The standard InChI is InChI=1S/C52H79NO14/c1-30-14-11-10-12-15-31(2)42(62-7)28-37-19-17-35(6)52(61,67-37)49(58)50(59)53-21-13-16-38-39(26-36-18-20-41(65-23-22-54)44(27-36)63-8)43(66-51(60)45(38)53)29-40(55)32(3)25-34(5)47(57)48(64-9)46(56)33(4)24-30/h10-12,14-15,25,30,32-33,35-39,41-45,47-48,54,57,61H,13,16-24,26-29H2,1-9H3/b12-10+,14-11+,31-15?,34-25+/t30-,32-,33-,35-,36+,37+,38?,39+,41-,42+,43+,44-,45+,47-,48+,52-/m1/s1. The first-order valence-corrected chi connectivity index (χ1v) is 24.6. The van der Waals surface area contributed by atoms with E-state index in [4.69, 9.17) is 28.4 Å². The van der Waals surface area contributed by atoms with Gasteiger partial charge in [-0.05, 0) is 101 Å². The van der Waals surface area contributed by atoms with E-state index < -0.39 is 89.6 Å². The van der Waals surface area contributed by atoms with Crippen molar-refractivity contribution < 1.29 is 67.7 Å². The molecule has 67 heavy (non-hydrogen) atoms. The van der Waals surface area contributed by atoms with Gasteiger partial charge in [-0.3, -0.25) is 19.2 Å². The van der Waals surface area contributed by atoms with Gasteiger partial charge in [-0.25, -0.2) is 4.79 Å². The fourth-order valence-electron chi connectivity index (χ4n) is 11.3. The molecule has 1 unspecified atom stereocenters. The van der Waals surface area contributed by atoms with Gasteiger partial charge in [-0.1, -0.05) is 64.2 Å². The number of aliphatic hydroxyl groups is 3. The van der Waals surface area contributed by atoms with Crippen LogP contribution in [0.25, 0.3) is 0 Å². The molecule has 1 amide bonds. The van der Waals surface area contributed by atoms with Gasteiger partial charge in [0.15, 0.2) is 5.78 Å². The lowest BCUT2D eigenvalue weighted by molar-refractivity contribution is -0.266. The zero-order valence-corrected chi connectivity index (χ0v) is 41.3. The third-order valence-electron chi connectivity index (χ3n) is 15.3. The summed E-state index contributed by atoms with van der Waals surface area (Å²) in [5.74, 6) is -8.43. The molecule has 6 bridgehead atoms. The zero-order valence-electron chi connectivity index (χ0n) is 41.3. The van der Waals surface area contributed by atoms with Crippen LogP contribution in [0.5, 0.6) is 0 Å². The summed E-state index contributed by atoms with van der Waals surface area (Å²) >= 11 is 0. The molecular formula is C52H79NO14. The lowest BCUT2D eigenvalue weighted by Crippen LogP contribution is -2.65. The van der Waals surface area contributed by atoms with Gasteiger partial charge >= 0.3 is 5.97 Å². The first kappa shape index (κ1) is 54.5. The minimum absolute atomic E-state index is 0.0196. The van der Waals surface area contributed by atoms with Crippen LogP contribution >= 0.6 is 0 Å². The highest BCUT2D eigenvalue weighted by atomic mass is 16.6. The summed E-state index contributed by atoms with van der Waals surface area (Å²) in [5.41, 5.74) is 1.28. The second kappa shape index (κ2) is 24.9. The molecule has 4 heterocycles. The Balaban J connectivity index is 1.51. The average Bonchev–Trinajstić information content (AvgIpc) is 3.31. The van der Waals surface area contributed by atoms with E-state index in [2.05, 4.69) is 0 Å². The van der Waals surface area contributed by atoms with E-state index in [9.17, 15) is 39.3 Å². The minimum atomic E-state index is -2.44. The number of carbonyl (C=O) groups excluding carboxylic acids is 5. The Bertz CT molecular complexity index is 1840. The quantitative estimate of drug-likeness (QED) is 0.158. The van der Waals surface area contributed by atoms with Crippen LogP contribution in [0.1, 0.15) is 112 Å². The highest BCUT2D eigenvalue weighted by molar-refractivity contribution is 6.39. The van der Waals surface area contributed by atoms with Gasteiger partial charge in [0.25, 0.3) is 11.7 Å². The number of esters is 1. The smallest absolute Gasteiger partial charge is 0.329 e. The molecule has 3 N–H and O–H groups in total. The number of aliphatic hydroxyl groups excluding tert-OH is 2. The zero-order chi connectivity index (χ0) is 49.2. The van der Waals surface area contributed by atoms with Crippen LogP contribution < -0.4 is 0 Å². The predicted octanol–water partition coefficient (Wildman–Crippen LogP) is 5.42. The Morgan fingerprint density at radius 1 is 0.851 bits per heavy atom. The molecule has 1 saturated carbocycles. The fourth-order valence-corrected chi connectivity index (χ4v) is 11.3. The maximum atomic E-state index is 14.5. The molecule has 15 nitrogen and oxygen atoms in total. The van der Waals surface area contributed by atoms with Crippen LogP contribution in [0.15, 0.2) is 47.6 Å². The Labute approximate surface area is 397 Å². The predicted molar refractivity (Wildman–Crippen MR) is 249 cm³/mol. The van der Waals surface area contributed by atoms with E-state index in [-0.39, 0.29) is 61.8 Å². The number of hydrogen-bond donors (Lipinski definition) is 3. The van der Waals surface area contributed by atoms with Crippen molar-refractivity contribution in [3.63, 3.8) is 0 Å². The second-order valence-corrected chi connectivity index (χ2v) is 20.1. The number of amides is 1. The van der Waals surface area contributed by atoms with Gasteiger partial charge in [0, 0.05) is 64.4 Å². The van der Waals surface area contributed by atoms with E-state index in [0.717, 1.165) is 12.0 Å². The van der Waals surface area contributed by atoms with Crippen LogP contribution in [-0.4, -0.2) is 145 Å². The summed E-state index contributed by atoms with van der Waals surface area (Å²) in [4.78, 5) is 72.4. The SMILES string of the molecule is CO[C@H]1C[C@@H]2CC[C@@H](C)[C@@](O)(O2)C(=O)C(=O)N2CCCC3[C@H]2C(=O)O[C@@H](CC(=O)[C@H](C)/C=C(\C)[C@@H](O)[C@@H](OC)C(=O)[C@H](C)C[C@H](C)/C=C/C=C/C=C1C)[C@H]3C[C@@H]1CC[C@@H](OCCO)[C@H](OC)C1.